The molecule has 0 heterocycles. The molecule has 1 aromatic carbocycles. The van der Waals surface area contributed by atoms with Crippen LogP contribution in [0, 0.1) is 0 Å². The van der Waals surface area contributed by atoms with Gasteiger partial charge in [-0.15, -0.1) is 0 Å². The maximum absolute atomic E-state index is 11.7. The second-order valence-electron chi connectivity index (χ2n) is 2.80. The fourth-order valence-electron chi connectivity index (χ4n) is 0.986. The number of halogens is 2. The van der Waals surface area contributed by atoms with Crippen molar-refractivity contribution >= 4 is 5.91 Å². The fraction of sp³-hybridized carbons (Fsp3) is 0.300. The normalized spacial score (nSPS) is 10.2. The van der Waals surface area contributed by atoms with Crippen molar-refractivity contribution in [1.82, 2.24) is 5.32 Å². The molecule has 0 saturated carbocycles. The Hall–Kier alpha value is -1.45. The lowest BCUT2D eigenvalue weighted by Crippen LogP contribution is -2.25. The Balaban J connectivity index is 2.36. The number of hydrogen-bond acceptors (Lipinski definition) is 1. The van der Waals surface area contributed by atoms with E-state index in [-0.39, 0.29) is 18.9 Å². The minimum absolute atomic E-state index is 0.00535. The van der Waals surface area contributed by atoms with Crippen molar-refractivity contribution in [2.24, 2.45) is 0 Å². The second kappa shape index (κ2) is 5.32. The van der Waals surface area contributed by atoms with Gasteiger partial charge in [-0.05, 0) is 12.1 Å². The third-order valence-electron chi connectivity index (χ3n) is 1.68. The predicted octanol–water partition coefficient (Wildman–Crippen LogP) is 2.07. The molecule has 4 heteroatoms. The molecular weight excluding hydrogens is 188 g/mol. The second-order valence-corrected chi connectivity index (χ2v) is 2.80. The van der Waals surface area contributed by atoms with E-state index in [1.54, 1.807) is 30.3 Å². The van der Waals surface area contributed by atoms with Gasteiger partial charge in [-0.2, -0.15) is 0 Å². The molecule has 0 aromatic heterocycles. The maximum atomic E-state index is 11.7. The summed E-state index contributed by atoms with van der Waals surface area (Å²) in [5.41, 5.74) is 0.488. The highest BCUT2D eigenvalue weighted by Gasteiger charge is 2.05. The van der Waals surface area contributed by atoms with Crippen LogP contribution in [-0.4, -0.2) is 18.9 Å². The number of rotatable bonds is 4. The molecule has 0 aliphatic heterocycles. The third kappa shape index (κ3) is 3.51. The first-order valence-corrected chi connectivity index (χ1v) is 4.31. The molecule has 0 saturated heterocycles. The number of carbonyl (C=O) groups is 1. The SMILES string of the molecule is O=C(NCCC(F)F)c1ccccc1. The Kier molecular flexibility index (Phi) is 4.04. The number of amides is 1. The standard InChI is InChI=1S/C10H11F2NO/c11-9(12)6-7-13-10(14)8-4-2-1-3-5-8/h1-5,9H,6-7H2,(H,13,14). The van der Waals surface area contributed by atoms with Crippen LogP contribution in [0.1, 0.15) is 16.8 Å². The molecule has 1 rings (SSSR count). The van der Waals surface area contributed by atoms with Crippen LogP contribution in [0.2, 0.25) is 0 Å². The first kappa shape index (κ1) is 10.6. The van der Waals surface area contributed by atoms with Crippen molar-refractivity contribution in [2.75, 3.05) is 6.54 Å². The first-order valence-electron chi connectivity index (χ1n) is 4.31. The number of hydrogen-bond donors (Lipinski definition) is 1. The number of carbonyl (C=O) groups excluding carboxylic acids is 1. The molecular formula is C10H11F2NO. The Labute approximate surface area is 80.9 Å². The van der Waals surface area contributed by atoms with Crippen molar-refractivity contribution in [2.45, 2.75) is 12.8 Å². The zero-order valence-electron chi connectivity index (χ0n) is 7.54. The summed E-state index contributed by atoms with van der Waals surface area (Å²) in [4.78, 5) is 11.3. The molecule has 0 atom stereocenters. The van der Waals surface area contributed by atoms with Gasteiger partial charge in [0.2, 0.25) is 6.43 Å². The maximum Gasteiger partial charge on any atom is 0.251 e. The highest BCUT2D eigenvalue weighted by Crippen LogP contribution is 1.99. The Morgan fingerprint density at radius 2 is 1.93 bits per heavy atom. The van der Waals surface area contributed by atoms with Crippen LogP contribution >= 0.6 is 0 Å². The van der Waals surface area contributed by atoms with Gasteiger partial charge in [-0.25, -0.2) is 8.78 Å². The van der Waals surface area contributed by atoms with E-state index in [2.05, 4.69) is 5.32 Å². The highest BCUT2D eigenvalue weighted by molar-refractivity contribution is 5.94. The molecule has 0 fully saturated rings. The largest absolute Gasteiger partial charge is 0.352 e. The molecule has 76 valence electrons. The molecule has 14 heavy (non-hydrogen) atoms. The van der Waals surface area contributed by atoms with Gasteiger partial charge in [-0.1, -0.05) is 18.2 Å². The van der Waals surface area contributed by atoms with Gasteiger partial charge in [0.05, 0.1) is 0 Å². The van der Waals surface area contributed by atoms with E-state index < -0.39 is 6.43 Å². The summed E-state index contributed by atoms with van der Waals surface area (Å²) in [6.07, 6.45) is -2.68. The molecule has 1 aromatic rings. The molecule has 0 aliphatic carbocycles. The van der Waals surface area contributed by atoms with Crippen LogP contribution in [0.3, 0.4) is 0 Å². The van der Waals surface area contributed by atoms with Gasteiger partial charge < -0.3 is 5.32 Å². The van der Waals surface area contributed by atoms with Crippen LogP contribution < -0.4 is 5.32 Å². The lowest BCUT2D eigenvalue weighted by atomic mass is 10.2. The Bertz CT molecular complexity index is 287. The van der Waals surface area contributed by atoms with Gasteiger partial charge in [0.15, 0.2) is 0 Å². The molecule has 0 spiro atoms. The smallest absolute Gasteiger partial charge is 0.251 e. The average molecular weight is 199 g/mol. The summed E-state index contributed by atoms with van der Waals surface area (Å²) >= 11 is 0. The average Bonchev–Trinajstić information content (AvgIpc) is 2.18. The predicted molar refractivity (Wildman–Crippen MR) is 49.4 cm³/mol. The molecule has 0 aliphatic rings. The van der Waals surface area contributed by atoms with Gasteiger partial charge >= 0.3 is 0 Å². The van der Waals surface area contributed by atoms with Crippen molar-refractivity contribution < 1.29 is 13.6 Å². The van der Waals surface area contributed by atoms with Crippen molar-refractivity contribution in [3.63, 3.8) is 0 Å². The first-order chi connectivity index (χ1) is 6.70. The van der Waals surface area contributed by atoms with Crippen LogP contribution in [-0.2, 0) is 0 Å². The number of nitrogens with one attached hydrogen (secondary N) is 1. The summed E-state index contributed by atoms with van der Waals surface area (Å²) in [5.74, 6) is -0.314. The minimum atomic E-state index is -2.37. The van der Waals surface area contributed by atoms with Gasteiger partial charge in [0.1, 0.15) is 0 Å². The Morgan fingerprint density at radius 3 is 2.50 bits per heavy atom. The van der Waals surface area contributed by atoms with E-state index in [4.69, 9.17) is 0 Å². The number of benzene rings is 1. The van der Waals surface area contributed by atoms with Crippen molar-refractivity contribution in [3.05, 3.63) is 35.9 Å². The van der Waals surface area contributed by atoms with E-state index in [0.29, 0.717) is 5.56 Å². The summed E-state index contributed by atoms with van der Waals surface area (Å²) < 4.78 is 23.5. The zero-order chi connectivity index (χ0) is 10.4. The number of alkyl halides is 2. The van der Waals surface area contributed by atoms with Gasteiger partial charge in [-0.3, -0.25) is 4.79 Å². The van der Waals surface area contributed by atoms with Crippen LogP contribution in [0.4, 0.5) is 8.78 Å². The van der Waals surface area contributed by atoms with E-state index in [1.807, 2.05) is 0 Å². The van der Waals surface area contributed by atoms with E-state index in [0.717, 1.165) is 0 Å². The minimum Gasteiger partial charge on any atom is -0.352 e. The van der Waals surface area contributed by atoms with Crippen molar-refractivity contribution in [3.8, 4) is 0 Å². The fourth-order valence-corrected chi connectivity index (χ4v) is 0.986. The lowest BCUT2D eigenvalue weighted by Gasteiger charge is -2.03. The molecule has 1 amide bonds. The van der Waals surface area contributed by atoms with E-state index >= 15 is 0 Å². The van der Waals surface area contributed by atoms with Crippen LogP contribution in [0.25, 0.3) is 0 Å². The summed E-state index contributed by atoms with van der Waals surface area (Å²) in [5, 5.41) is 2.41. The zero-order valence-corrected chi connectivity index (χ0v) is 7.54. The summed E-state index contributed by atoms with van der Waals surface area (Å²) in [7, 11) is 0. The molecule has 1 N–H and O–H groups in total. The molecule has 0 radical (unpaired) electrons. The quantitative estimate of drug-likeness (QED) is 0.790. The van der Waals surface area contributed by atoms with Crippen LogP contribution in [0.15, 0.2) is 30.3 Å². The van der Waals surface area contributed by atoms with Crippen molar-refractivity contribution in [1.29, 1.82) is 0 Å². The monoisotopic (exact) mass is 199 g/mol. The third-order valence-corrected chi connectivity index (χ3v) is 1.68. The molecule has 0 unspecified atom stereocenters. The summed E-state index contributed by atoms with van der Waals surface area (Å²) in [6, 6.07) is 8.51. The van der Waals surface area contributed by atoms with E-state index in [9.17, 15) is 13.6 Å². The molecule has 0 bridgehead atoms. The topological polar surface area (TPSA) is 29.1 Å². The Morgan fingerprint density at radius 1 is 1.29 bits per heavy atom. The van der Waals surface area contributed by atoms with Gasteiger partial charge in [0, 0.05) is 18.5 Å². The lowest BCUT2D eigenvalue weighted by molar-refractivity contribution is 0.0934. The summed E-state index contributed by atoms with van der Waals surface area (Å²) in [6.45, 7) is 0.00535. The van der Waals surface area contributed by atoms with Crippen LogP contribution in [0.5, 0.6) is 0 Å². The highest BCUT2D eigenvalue weighted by atomic mass is 19.3. The molecule has 2 nitrogen and oxygen atoms in total. The van der Waals surface area contributed by atoms with E-state index in [1.165, 1.54) is 0 Å². The van der Waals surface area contributed by atoms with Gasteiger partial charge in [0.25, 0.3) is 5.91 Å².